The van der Waals surface area contributed by atoms with Gasteiger partial charge in [-0.05, 0) is 12.1 Å². The number of carboxylic acids is 2. The smallest absolute Gasteiger partial charge is 0.321 e. The fourth-order valence-corrected chi connectivity index (χ4v) is 1.37. The molecule has 0 fully saturated rings. The predicted octanol–water partition coefficient (Wildman–Crippen LogP) is -0.194. The summed E-state index contributed by atoms with van der Waals surface area (Å²) in [7, 11) is -4.00. The highest BCUT2D eigenvalue weighted by Crippen LogP contribution is 2.05. The van der Waals surface area contributed by atoms with Crippen LogP contribution in [0.25, 0.3) is 0 Å². The van der Waals surface area contributed by atoms with Gasteiger partial charge in [-0.25, -0.2) is 0 Å². The minimum atomic E-state index is -4.00. The third kappa shape index (κ3) is 7.86. The van der Waals surface area contributed by atoms with Crippen molar-refractivity contribution in [1.82, 2.24) is 0 Å². The third-order valence-corrected chi connectivity index (χ3v) is 2.62. The summed E-state index contributed by atoms with van der Waals surface area (Å²) in [5.74, 6) is -2.50. The molecule has 8 nitrogen and oxygen atoms in total. The second-order valence-corrected chi connectivity index (χ2v) is 4.75. The van der Waals surface area contributed by atoms with Gasteiger partial charge in [0.1, 0.15) is 6.04 Å². The molecular formula is C10H13NO7S. The first-order valence-corrected chi connectivity index (χ1v) is 6.31. The highest BCUT2D eigenvalue weighted by molar-refractivity contribution is 7.85. The Morgan fingerprint density at radius 2 is 1.63 bits per heavy atom. The van der Waals surface area contributed by atoms with E-state index in [-0.39, 0.29) is 4.90 Å². The quantitative estimate of drug-likeness (QED) is 0.556. The number of hydrogen-bond acceptors (Lipinski definition) is 5. The first kappa shape index (κ1) is 17.0. The molecule has 0 amide bonds. The molecule has 1 atom stereocenters. The Hall–Kier alpha value is -1.97. The molecule has 0 saturated carbocycles. The Morgan fingerprint density at radius 3 is 1.84 bits per heavy atom. The van der Waals surface area contributed by atoms with Crippen molar-refractivity contribution in [2.75, 3.05) is 0 Å². The highest BCUT2D eigenvalue weighted by Gasteiger charge is 2.14. The largest absolute Gasteiger partial charge is 0.481 e. The predicted molar refractivity (Wildman–Crippen MR) is 64.1 cm³/mol. The summed E-state index contributed by atoms with van der Waals surface area (Å²) in [4.78, 5) is 19.5. The monoisotopic (exact) mass is 291 g/mol. The lowest BCUT2D eigenvalue weighted by Crippen LogP contribution is -2.32. The van der Waals surface area contributed by atoms with Crippen LogP contribution in [0.5, 0.6) is 0 Å². The van der Waals surface area contributed by atoms with E-state index in [1.807, 2.05) is 0 Å². The second kappa shape index (κ2) is 7.46. The minimum absolute atomic E-state index is 0.0741. The van der Waals surface area contributed by atoms with Gasteiger partial charge in [-0.1, -0.05) is 18.2 Å². The van der Waals surface area contributed by atoms with E-state index in [0.29, 0.717) is 0 Å². The molecule has 0 spiro atoms. The molecule has 0 saturated heterocycles. The van der Waals surface area contributed by atoms with Crippen molar-refractivity contribution in [2.45, 2.75) is 17.4 Å². The number of carbonyl (C=O) groups is 2. The zero-order valence-corrected chi connectivity index (χ0v) is 10.4. The van der Waals surface area contributed by atoms with Crippen molar-refractivity contribution in [3.63, 3.8) is 0 Å². The molecule has 1 aromatic rings. The Balaban J connectivity index is 0.000000344. The third-order valence-electron chi connectivity index (χ3n) is 1.75. The Morgan fingerprint density at radius 1 is 1.16 bits per heavy atom. The lowest BCUT2D eigenvalue weighted by atomic mass is 10.2. The summed E-state index contributed by atoms with van der Waals surface area (Å²) in [6.45, 7) is 0. The van der Waals surface area contributed by atoms with E-state index < -0.39 is 34.5 Å². The van der Waals surface area contributed by atoms with Crippen LogP contribution in [-0.2, 0) is 19.7 Å². The normalized spacial score (nSPS) is 11.9. The summed E-state index contributed by atoms with van der Waals surface area (Å²) in [6, 6.07) is 6.13. The van der Waals surface area contributed by atoms with Crippen LogP contribution in [0.2, 0.25) is 0 Å². The maximum Gasteiger partial charge on any atom is 0.321 e. The second-order valence-electron chi connectivity index (χ2n) is 3.33. The summed E-state index contributed by atoms with van der Waals surface area (Å²) < 4.78 is 29.2. The van der Waals surface area contributed by atoms with Crippen LogP contribution in [0.1, 0.15) is 6.42 Å². The van der Waals surface area contributed by atoms with Crippen LogP contribution in [0.15, 0.2) is 35.2 Å². The van der Waals surface area contributed by atoms with Crippen molar-refractivity contribution in [2.24, 2.45) is 5.73 Å². The molecule has 0 aliphatic rings. The van der Waals surface area contributed by atoms with Crippen molar-refractivity contribution < 1.29 is 32.8 Å². The topological polar surface area (TPSA) is 155 Å². The maximum atomic E-state index is 10.4. The summed E-state index contributed by atoms with van der Waals surface area (Å²) in [6.07, 6.45) is -0.532. The van der Waals surface area contributed by atoms with Gasteiger partial charge >= 0.3 is 11.9 Å². The molecule has 19 heavy (non-hydrogen) atoms. The Kier molecular flexibility index (Phi) is 6.69. The fraction of sp³-hybridized carbons (Fsp3) is 0.200. The lowest BCUT2D eigenvalue weighted by molar-refractivity contribution is -0.144. The molecular weight excluding hydrogens is 278 g/mol. The molecule has 0 aliphatic heterocycles. The molecule has 0 unspecified atom stereocenters. The average Bonchev–Trinajstić information content (AvgIpc) is 2.29. The SMILES string of the molecule is N[C@@H](CC(=O)O)C(=O)O.O=S(=O)(O)c1ccccc1. The van der Waals surface area contributed by atoms with E-state index in [1.54, 1.807) is 18.2 Å². The maximum absolute atomic E-state index is 10.4. The highest BCUT2D eigenvalue weighted by atomic mass is 32.2. The van der Waals surface area contributed by atoms with Crippen LogP contribution < -0.4 is 5.73 Å². The van der Waals surface area contributed by atoms with E-state index in [9.17, 15) is 18.0 Å². The zero-order valence-electron chi connectivity index (χ0n) is 9.63. The van der Waals surface area contributed by atoms with Gasteiger partial charge in [0, 0.05) is 0 Å². The van der Waals surface area contributed by atoms with Crippen LogP contribution >= 0.6 is 0 Å². The van der Waals surface area contributed by atoms with Gasteiger partial charge in [0.2, 0.25) is 0 Å². The van der Waals surface area contributed by atoms with Gasteiger partial charge in [0.25, 0.3) is 10.1 Å². The van der Waals surface area contributed by atoms with Crippen LogP contribution in [0, 0.1) is 0 Å². The van der Waals surface area contributed by atoms with Crippen molar-refractivity contribution in [3.8, 4) is 0 Å². The average molecular weight is 291 g/mol. The number of benzene rings is 1. The van der Waals surface area contributed by atoms with Gasteiger partial charge < -0.3 is 15.9 Å². The van der Waals surface area contributed by atoms with E-state index in [2.05, 4.69) is 0 Å². The number of aliphatic carboxylic acids is 2. The first-order chi connectivity index (χ1) is 8.64. The number of carboxylic acid groups (broad SMARTS) is 2. The van der Waals surface area contributed by atoms with Crippen molar-refractivity contribution in [3.05, 3.63) is 30.3 Å². The molecule has 0 bridgehead atoms. The summed E-state index contributed by atoms with van der Waals surface area (Å²) >= 11 is 0. The number of nitrogens with two attached hydrogens (primary N) is 1. The van der Waals surface area contributed by atoms with Gasteiger partial charge in [-0.2, -0.15) is 8.42 Å². The van der Waals surface area contributed by atoms with E-state index in [4.69, 9.17) is 20.5 Å². The molecule has 5 N–H and O–H groups in total. The summed E-state index contributed by atoms with van der Waals surface area (Å²) in [5, 5.41) is 16.0. The molecule has 0 aromatic heterocycles. The zero-order chi connectivity index (χ0) is 15.1. The fourth-order valence-electron chi connectivity index (χ4n) is 0.868. The van der Waals surface area contributed by atoms with Crippen LogP contribution in [0.4, 0.5) is 0 Å². The molecule has 0 heterocycles. The molecule has 1 rings (SSSR count). The minimum Gasteiger partial charge on any atom is -0.481 e. The van der Waals surface area contributed by atoms with E-state index in [1.165, 1.54) is 12.1 Å². The van der Waals surface area contributed by atoms with Crippen LogP contribution in [0.3, 0.4) is 0 Å². The molecule has 106 valence electrons. The van der Waals surface area contributed by atoms with Crippen LogP contribution in [-0.4, -0.2) is 41.2 Å². The molecule has 1 aromatic carbocycles. The van der Waals surface area contributed by atoms with Gasteiger partial charge in [0.05, 0.1) is 11.3 Å². The van der Waals surface area contributed by atoms with Crippen molar-refractivity contribution in [1.29, 1.82) is 0 Å². The van der Waals surface area contributed by atoms with E-state index in [0.717, 1.165) is 0 Å². The first-order valence-electron chi connectivity index (χ1n) is 4.87. The molecule has 0 aliphatic carbocycles. The summed E-state index contributed by atoms with van der Waals surface area (Å²) in [5.41, 5.74) is 4.84. The lowest BCUT2D eigenvalue weighted by Gasteiger charge is -1.99. The van der Waals surface area contributed by atoms with Gasteiger partial charge in [-0.3, -0.25) is 14.1 Å². The van der Waals surface area contributed by atoms with Gasteiger partial charge in [-0.15, -0.1) is 0 Å². The van der Waals surface area contributed by atoms with E-state index >= 15 is 0 Å². The number of hydrogen-bond donors (Lipinski definition) is 4. The Bertz CT molecular complexity index is 526. The standard InChI is InChI=1S/C6H6O3S.C4H7NO4/c7-10(8,9)6-4-2-1-3-5-6;5-2(4(8)9)1-3(6)7/h1-5H,(H,7,8,9);2H,1,5H2,(H,6,7)(H,8,9)/t;2-/m.0/s1. The van der Waals surface area contributed by atoms with Crippen molar-refractivity contribution >= 4 is 22.1 Å². The van der Waals surface area contributed by atoms with Gasteiger partial charge in [0.15, 0.2) is 0 Å². The Labute approximate surface area is 109 Å². The number of rotatable bonds is 4. The molecule has 9 heteroatoms. The molecule has 0 radical (unpaired) electrons.